The first-order valence-electron chi connectivity index (χ1n) is 4.66. The Bertz CT molecular complexity index is 308. The molecule has 0 aliphatic heterocycles. The zero-order chi connectivity index (χ0) is 9.26. The molecule has 0 radical (unpaired) electrons. The van der Waals surface area contributed by atoms with Crippen LogP contribution in [0.1, 0.15) is 36.4 Å². The molecular formula is C10H13ClN2. The van der Waals surface area contributed by atoms with Gasteiger partial charge in [-0.2, -0.15) is 0 Å². The number of nitrogens with two attached hydrogens (primary N) is 1. The summed E-state index contributed by atoms with van der Waals surface area (Å²) >= 11 is 5.89. The Kier molecular flexibility index (Phi) is 2.51. The lowest BCUT2D eigenvalue weighted by Gasteiger charge is -2.25. The van der Waals surface area contributed by atoms with Crippen molar-refractivity contribution >= 4 is 11.6 Å². The van der Waals surface area contributed by atoms with Crippen molar-refractivity contribution in [1.82, 2.24) is 4.98 Å². The Morgan fingerprint density at radius 3 is 2.77 bits per heavy atom. The van der Waals surface area contributed by atoms with E-state index in [2.05, 4.69) is 11.1 Å². The molecule has 0 bridgehead atoms. The van der Waals surface area contributed by atoms with Crippen LogP contribution in [0.25, 0.3) is 0 Å². The van der Waals surface area contributed by atoms with Gasteiger partial charge in [0.05, 0.1) is 0 Å². The van der Waals surface area contributed by atoms with Crippen molar-refractivity contribution in [2.45, 2.75) is 31.7 Å². The zero-order valence-electron chi connectivity index (χ0n) is 7.46. The van der Waals surface area contributed by atoms with Crippen molar-refractivity contribution in [3.8, 4) is 0 Å². The van der Waals surface area contributed by atoms with E-state index in [0.717, 1.165) is 11.3 Å². The third-order valence-electron chi connectivity index (χ3n) is 2.63. The van der Waals surface area contributed by atoms with Crippen LogP contribution in [0, 0.1) is 0 Å². The highest BCUT2D eigenvalue weighted by atomic mass is 35.5. The lowest BCUT2D eigenvalue weighted by atomic mass is 9.82. The first-order chi connectivity index (χ1) is 6.29. The number of aromatic nitrogens is 1. The van der Waals surface area contributed by atoms with Crippen LogP contribution in [-0.4, -0.2) is 4.98 Å². The third kappa shape index (κ3) is 1.84. The Labute approximate surface area is 83.1 Å². The highest BCUT2D eigenvalue weighted by Gasteiger charge is 2.21. The van der Waals surface area contributed by atoms with Gasteiger partial charge in [-0.1, -0.05) is 18.0 Å². The van der Waals surface area contributed by atoms with Crippen LogP contribution in [-0.2, 0) is 6.54 Å². The predicted molar refractivity (Wildman–Crippen MR) is 53.7 cm³/mol. The van der Waals surface area contributed by atoms with Crippen molar-refractivity contribution in [3.05, 3.63) is 28.5 Å². The molecular weight excluding hydrogens is 184 g/mol. The van der Waals surface area contributed by atoms with Crippen LogP contribution in [0.2, 0.25) is 5.15 Å². The summed E-state index contributed by atoms with van der Waals surface area (Å²) in [6.07, 6.45) is 3.81. The molecule has 1 aromatic rings. The Morgan fingerprint density at radius 1 is 1.46 bits per heavy atom. The molecule has 1 fully saturated rings. The van der Waals surface area contributed by atoms with Gasteiger partial charge in [0.1, 0.15) is 5.15 Å². The van der Waals surface area contributed by atoms with Crippen molar-refractivity contribution in [2.75, 3.05) is 0 Å². The Morgan fingerprint density at radius 2 is 2.23 bits per heavy atom. The first kappa shape index (κ1) is 8.97. The van der Waals surface area contributed by atoms with Crippen molar-refractivity contribution in [2.24, 2.45) is 5.73 Å². The average Bonchev–Trinajstić information content (AvgIpc) is 2.00. The molecule has 3 heteroatoms. The van der Waals surface area contributed by atoms with E-state index in [1.807, 2.05) is 6.07 Å². The van der Waals surface area contributed by atoms with E-state index in [0.29, 0.717) is 17.6 Å². The molecule has 1 aliphatic rings. The van der Waals surface area contributed by atoms with Crippen LogP contribution >= 0.6 is 11.6 Å². The van der Waals surface area contributed by atoms with Gasteiger partial charge in [0.2, 0.25) is 0 Å². The van der Waals surface area contributed by atoms with E-state index >= 15 is 0 Å². The minimum atomic E-state index is 0.544. The summed E-state index contributed by atoms with van der Waals surface area (Å²) in [4.78, 5) is 4.31. The maximum Gasteiger partial charge on any atom is 0.129 e. The maximum atomic E-state index is 5.89. The smallest absolute Gasteiger partial charge is 0.129 e. The fraction of sp³-hybridized carbons (Fsp3) is 0.500. The zero-order valence-corrected chi connectivity index (χ0v) is 8.22. The number of hydrogen-bond acceptors (Lipinski definition) is 2. The second-order valence-electron chi connectivity index (χ2n) is 3.55. The molecule has 0 atom stereocenters. The second-order valence-corrected chi connectivity index (χ2v) is 3.94. The van der Waals surface area contributed by atoms with Crippen molar-refractivity contribution < 1.29 is 0 Å². The van der Waals surface area contributed by atoms with Crippen LogP contribution in [0.15, 0.2) is 12.1 Å². The quantitative estimate of drug-likeness (QED) is 0.739. The van der Waals surface area contributed by atoms with E-state index in [4.69, 9.17) is 17.3 Å². The molecule has 0 amide bonds. The summed E-state index contributed by atoms with van der Waals surface area (Å²) < 4.78 is 0. The van der Waals surface area contributed by atoms with E-state index in [-0.39, 0.29) is 0 Å². The second kappa shape index (κ2) is 3.64. The van der Waals surface area contributed by atoms with Crippen LogP contribution in [0.5, 0.6) is 0 Å². The topological polar surface area (TPSA) is 38.9 Å². The molecule has 2 rings (SSSR count). The average molecular weight is 197 g/mol. The van der Waals surface area contributed by atoms with Crippen molar-refractivity contribution in [3.63, 3.8) is 0 Å². The largest absolute Gasteiger partial charge is 0.326 e. The number of pyridine rings is 1. The normalized spacial score (nSPS) is 17.1. The van der Waals surface area contributed by atoms with E-state index in [1.54, 1.807) is 0 Å². The summed E-state index contributed by atoms with van der Waals surface area (Å²) in [6.45, 7) is 0.544. The van der Waals surface area contributed by atoms with Gasteiger partial charge in [0, 0.05) is 18.2 Å². The number of nitrogens with zero attached hydrogens (tertiary/aromatic N) is 1. The van der Waals surface area contributed by atoms with Gasteiger partial charge in [-0.25, -0.2) is 4.98 Å². The van der Waals surface area contributed by atoms with E-state index < -0.39 is 0 Å². The summed E-state index contributed by atoms with van der Waals surface area (Å²) in [5.74, 6) is 0.629. The minimum Gasteiger partial charge on any atom is -0.326 e. The monoisotopic (exact) mass is 196 g/mol. The molecule has 0 saturated heterocycles. The summed E-state index contributed by atoms with van der Waals surface area (Å²) in [6, 6.07) is 3.92. The molecule has 1 heterocycles. The number of hydrogen-bond donors (Lipinski definition) is 1. The van der Waals surface area contributed by atoms with Gasteiger partial charge >= 0.3 is 0 Å². The molecule has 1 aromatic heterocycles. The van der Waals surface area contributed by atoms with Crippen LogP contribution < -0.4 is 5.73 Å². The first-order valence-corrected chi connectivity index (χ1v) is 5.04. The van der Waals surface area contributed by atoms with Crippen molar-refractivity contribution in [1.29, 1.82) is 0 Å². The summed E-state index contributed by atoms with van der Waals surface area (Å²) in [5.41, 5.74) is 7.77. The van der Waals surface area contributed by atoms with Gasteiger partial charge in [0.15, 0.2) is 0 Å². The molecule has 1 saturated carbocycles. The Balaban J connectivity index is 2.28. The highest BCUT2D eigenvalue weighted by molar-refractivity contribution is 6.29. The number of rotatable bonds is 2. The van der Waals surface area contributed by atoms with Gasteiger partial charge in [-0.15, -0.1) is 0 Å². The standard InChI is InChI=1S/C10H13ClN2/c11-10-5-7(6-12)4-9(13-10)8-2-1-3-8/h4-5,8H,1-3,6,12H2. The lowest BCUT2D eigenvalue weighted by Crippen LogP contribution is -2.11. The molecule has 2 N–H and O–H groups in total. The molecule has 13 heavy (non-hydrogen) atoms. The Hall–Kier alpha value is -0.600. The predicted octanol–water partition coefficient (Wildman–Crippen LogP) is 2.46. The lowest BCUT2D eigenvalue weighted by molar-refractivity contribution is 0.411. The molecule has 0 aromatic carbocycles. The van der Waals surface area contributed by atoms with Gasteiger partial charge in [-0.05, 0) is 30.5 Å². The SMILES string of the molecule is NCc1cc(Cl)nc(C2CCC2)c1. The third-order valence-corrected chi connectivity index (χ3v) is 2.83. The molecule has 70 valence electrons. The molecule has 1 aliphatic carbocycles. The molecule has 0 unspecified atom stereocenters. The molecule has 0 spiro atoms. The van der Waals surface area contributed by atoms with Crippen LogP contribution in [0.4, 0.5) is 0 Å². The minimum absolute atomic E-state index is 0.544. The fourth-order valence-electron chi connectivity index (χ4n) is 1.60. The number of halogens is 1. The maximum absolute atomic E-state index is 5.89. The van der Waals surface area contributed by atoms with Crippen LogP contribution in [0.3, 0.4) is 0 Å². The van der Waals surface area contributed by atoms with Gasteiger partial charge < -0.3 is 5.73 Å². The highest BCUT2D eigenvalue weighted by Crippen LogP contribution is 2.35. The fourth-order valence-corrected chi connectivity index (χ4v) is 1.84. The van der Waals surface area contributed by atoms with E-state index in [1.165, 1.54) is 19.3 Å². The summed E-state index contributed by atoms with van der Waals surface area (Å²) in [7, 11) is 0. The van der Waals surface area contributed by atoms with Gasteiger partial charge in [0.25, 0.3) is 0 Å². The van der Waals surface area contributed by atoms with Gasteiger partial charge in [-0.3, -0.25) is 0 Å². The summed E-state index contributed by atoms with van der Waals surface area (Å²) in [5, 5.41) is 0.574. The van der Waals surface area contributed by atoms with E-state index in [9.17, 15) is 0 Å². The molecule has 2 nitrogen and oxygen atoms in total.